The smallest absolute Gasteiger partial charge is 0.226 e. The van der Waals surface area contributed by atoms with Crippen LogP contribution in [0.3, 0.4) is 0 Å². The Morgan fingerprint density at radius 2 is 2.00 bits per heavy atom. The first kappa shape index (κ1) is 13.7. The zero-order valence-electron chi connectivity index (χ0n) is 11.1. The number of nitrogens with zero attached hydrogens (tertiary/aromatic N) is 2. The molecule has 0 amide bonds. The second-order valence-electron chi connectivity index (χ2n) is 3.96. The molecule has 0 bridgehead atoms. The largest absolute Gasteiger partial charge is 0.481 e. The van der Waals surface area contributed by atoms with Crippen molar-refractivity contribution in [3.8, 4) is 5.88 Å². The van der Waals surface area contributed by atoms with Crippen molar-refractivity contribution >= 4 is 17.7 Å². The summed E-state index contributed by atoms with van der Waals surface area (Å²) in [6, 6.07) is 12.1. The number of aryl methyl sites for hydroxylation is 1. The van der Waals surface area contributed by atoms with Gasteiger partial charge in [0.05, 0.1) is 7.11 Å². The minimum absolute atomic E-state index is 0.589. The third-order valence-electron chi connectivity index (χ3n) is 2.44. The summed E-state index contributed by atoms with van der Waals surface area (Å²) in [5.41, 5.74) is 0.894. The fourth-order valence-corrected chi connectivity index (χ4v) is 2.36. The third kappa shape index (κ3) is 4.44. The molecule has 0 aliphatic carbocycles. The van der Waals surface area contributed by atoms with Crippen LogP contribution in [0.15, 0.2) is 41.3 Å². The van der Waals surface area contributed by atoms with Crippen LogP contribution in [0.2, 0.25) is 0 Å². The monoisotopic (exact) mass is 275 g/mol. The Morgan fingerprint density at radius 3 is 2.74 bits per heavy atom. The van der Waals surface area contributed by atoms with Crippen LogP contribution in [0.25, 0.3) is 0 Å². The maximum Gasteiger partial charge on any atom is 0.226 e. The van der Waals surface area contributed by atoms with E-state index in [0.717, 1.165) is 18.0 Å². The van der Waals surface area contributed by atoms with Crippen molar-refractivity contribution in [1.29, 1.82) is 0 Å². The molecule has 1 aromatic carbocycles. The molecular formula is C14H17N3OS. The molecule has 0 radical (unpaired) electrons. The van der Waals surface area contributed by atoms with Gasteiger partial charge in [-0.1, -0.05) is 18.2 Å². The summed E-state index contributed by atoms with van der Waals surface area (Å²) in [6.07, 6.45) is 0. The number of thioether (sulfide) groups is 1. The Balaban J connectivity index is 1.81. The summed E-state index contributed by atoms with van der Waals surface area (Å²) in [4.78, 5) is 9.83. The van der Waals surface area contributed by atoms with E-state index >= 15 is 0 Å². The molecular weight excluding hydrogens is 258 g/mol. The van der Waals surface area contributed by atoms with E-state index in [0.29, 0.717) is 11.8 Å². The van der Waals surface area contributed by atoms with Gasteiger partial charge in [0.25, 0.3) is 0 Å². The number of aromatic nitrogens is 2. The average molecular weight is 275 g/mol. The van der Waals surface area contributed by atoms with Crippen molar-refractivity contribution in [2.24, 2.45) is 0 Å². The second-order valence-corrected chi connectivity index (χ2v) is 5.13. The molecule has 1 N–H and O–H groups in total. The number of hydrogen-bond acceptors (Lipinski definition) is 5. The summed E-state index contributed by atoms with van der Waals surface area (Å²) >= 11 is 1.80. The first-order valence-electron chi connectivity index (χ1n) is 6.09. The van der Waals surface area contributed by atoms with Gasteiger partial charge in [-0.15, -0.1) is 11.8 Å². The Morgan fingerprint density at radius 1 is 1.21 bits per heavy atom. The Labute approximate surface area is 117 Å². The molecule has 5 heteroatoms. The molecule has 0 spiro atoms. The average Bonchev–Trinajstić information content (AvgIpc) is 2.44. The number of rotatable bonds is 6. The molecule has 1 aromatic heterocycles. The van der Waals surface area contributed by atoms with Crippen LogP contribution >= 0.6 is 11.8 Å². The summed E-state index contributed by atoms with van der Waals surface area (Å²) in [7, 11) is 1.61. The first-order valence-corrected chi connectivity index (χ1v) is 7.08. The highest BCUT2D eigenvalue weighted by Gasteiger charge is 2.01. The molecule has 0 atom stereocenters. The van der Waals surface area contributed by atoms with Gasteiger partial charge >= 0.3 is 0 Å². The van der Waals surface area contributed by atoms with E-state index < -0.39 is 0 Å². The van der Waals surface area contributed by atoms with Crippen molar-refractivity contribution in [2.75, 3.05) is 24.7 Å². The van der Waals surface area contributed by atoms with Crippen molar-refractivity contribution in [3.63, 3.8) is 0 Å². The summed E-state index contributed by atoms with van der Waals surface area (Å²) in [6.45, 7) is 2.74. The van der Waals surface area contributed by atoms with E-state index in [1.165, 1.54) is 4.90 Å². The van der Waals surface area contributed by atoms with Gasteiger partial charge in [-0.2, -0.15) is 4.98 Å². The van der Waals surface area contributed by atoms with Gasteiger partial charge in [-0.25, -0.2) is 4.98 Å². The molecule has 1 heterocycles. The highest BCUT2D eigenvalue weighted by molar-refractivity contribution is 7.99. The maximum atomic E-state index is 5.11. The molecule has 2 aromatic rings. The molecule has 0 unspecified atom stereocenters. The summed E-state index contributed by atoms with van der Waals surface area (Å²) < 4.78 is 5.11. The number of nitrogens with one attached hydrogen (secondary N) is 1. The predicted octanol–water partition coefficient (Wildman–Crippen LogP) is 3.00. The van der Waals surface area contributed by atoms with E-state index in [9.17, 15) is 0 Å². The van der Waals surface area contributed by atoms with Gasteiger partial charge < -0.3 is 10.1 Å². The van der Waals surface area contributed by atoms with Gasteiger partial charge in [-0.3, -0.25) is 0 Å². The van der Waals surface area contributed by atoms with Crippen molar-refractivity contribution in [3.05, 3.63) is 42.1 Å². The van der Waals surface area contributed by atoms with Gasteiger partial charge in [0, 0.05) is 29.0 Å². The minimum Gasteiger partial charge on any atom is -0.481 e. The molecule has 0 fully saturated rings. The van der Waals surface area contributed by atoms with E-state index in [4.69, 9.17) is 4.74 Å². The molecule has 0 saturated carbocycles. The Hall–Kier alpha value is -1.75. The molecule has 19 heavy (non-hydrogen) atoms. The molecule has 0 aliphatic rings. The maximum absolute atomic E-state index is 5.11. The molecule has 4 nitrogen and oxygen atoms in total. The SMILES string of the molecule is COc1cc(C)nc(NCCSc2ccccc2)n1. The normalized spacial score (nSPS) is 10.2. The van der Waals surface area contributed by atoms with Gasteiger partial charge in [0.1, 0.15) is 0 Å². The fraction of sp³-hybridized carbons (Fsp3) is 0.286. The lowest BCUT2D eigenvalue weighted by atomic mass is 10.4. The van der Waals surface area contributed by atoms with Crippen molar-refractivity contribution in [2.45, 2.75) is 11.8 Å². The van der Waals surface area contributed by atoms with E-state index in [-0.39, 0.29) is 0 Å². The first-order chi connectivity index (χ1) is 9.28. The standard InChI is InChI=1S/C14H17N3OS/c1-11-10-13(18-2)17-14(16-11)15-8-9-19-12-6-4-3-5-7-12/h3-7,10H,8-9H2,1-2H3,(H,15,16,17). The number of anilines is 1. The lowest BCUT2D eigenvalue weighted by Crippen LogP contribution is -2.08. The molecule has 0 saturated heterocycles. The van der Waals surface area contributed by atoms with E-state index in [1.807, 2.05) is 31.2 Å². The second kappa shape index (κ2) is 6.99. The zero-order valence-corrected chi connectivity index (χ0v) is 11.9. The van der Waals surface area contributed by atoms with Crippen molar-refractivity contribution in [1.82, 2.24) is 9.97 Å². The topological polar surface area (TPSA) is 47.0 Å². The van der Waals surface area contributed by atoms with Crippen LogP contribution in [0.4, 0.5) is 5.95 Å². The van der Waals surface area contributed by atoms with Crippen molar-refractivity contribution < 1.29 is 4.74 Å². The quantitative estimate of drug-likeness (QED) is 0.648. The number of methoxy groups -OCH3 is 1. The van der Waals surface area contributed by atoms with Gasteiger partial charge in [0.15, 0.2) is 0 Å². The van der Waals surface area contributed by atoms with E-state index in [2.05, 4.69) is 27.4 Å². The highest BCUT2D eigenvalue weighted by Crippen LogP contribution is 2.16. The third-order valence-corrected chi connectivity index (χ3v) is 3.45. The fourth-order valence-electron chi connectivity index (χ4n) is 1.57. The zero-order chi connectivity index (χ0) is 13.5. The predicted molar refractivity (Wildman–Crippen MR) is 79.0 cm³/mol. The van der Waals surface area contributed by atoms with E-state index in [1.54, 1.807) is 18.9 Å². The Kier molecular flexibility index (Phi) is 5.03. The molecule has 0 aliphatic heterocycles. The molecule has 2 rings (SSSR count). The Bertz CT molecular complexity index is 519. The lowest BCUT2D eigenvalue weighted by Gasteiger charge is -2.07. The van der Waals surface area contributed by atoms with Crippen LogP contribution in [0.1, 0.15) is 5.69 Å². The number of hydrogen-bond donors (Lipinski definition) is 1. The van der Waals surface area contributed by atoms with Crippen LogP contribution in [-0.4, -0.2) is 29.4 Å². The number of benzene rings is 1. The van der Waals surface area contributed by atoms with Gasteiger partial charge in [0.2, 0.25) is 11.8 Å². The lowest BCUT2D eigenvalue weighted by molar-refractivity contribution is 0.397. The summed E-state index contributed by atoms with van der Waals surface area (Å²) in [5, 5.41) is 3.21. The van der Waals surface area contributed by atoms with Gasteiger partial charge in [-0.05, 0) is 19.1 Å². The van der Waals surface area contributed by atoms with Crippen LogP contribution in [0, 0.1) is 6.92 Å². The highest BCUT2D eigenvalue weighted by atomic mass is 32.2. The molecule has 100 valence electrons. The number of ether oxygens (including phenoxy) is 1. The summed E-state index contributed by atoms with van der Waals surface area (Å²) in [5.74, 6) is 2.17. The van der Waals surface area contributed by atoms with Crippen LogP contribution < -0.4 is 10.1 Å². The van der Waals surface area contributed by atoms with Crippen LogP contribution in [-0.2, 0) is 0 Å². The minimum atomic E-state index is 0.589. The van der Waals surface area contributed by atoms with Crippen LogP contribution in [0.5, 0.6) is 5.88 Å².